The number of amides is 1. The Morgan fingerprint density at radius 1 is 1.50 bits per heavy atom. The van der Waals surface area contributed by atoms with E-state index in [-0.39, 0.29) is 5.91 Å². The number of hydrogen-bond donors (Lipinski definition) is 0. The molecule has 3 nitrogen and oxygen atoms in total. The van der Waals surface area contributed by atoms with Crippen LogP contribution in [0.4, 0.5) is 5.69 Å². The molecule has 0 saturated carbocycles. The lowest BCUT2D eigenvalue weighted by Crippen LogP contribution is -2.26. The zero-order valence-corrected chi connectivity index (χ0v) is 8.41. The van der Waals surface area contributed by atoms with Gasteiger partial charge in [0.2, 0.25) is 5.91 Å². The number of anilines is 1. The van der Waals surface area contributed by atoms with E-state index in [9.17, 15) is 4.79 Å². The molecule has 0 bridgehead atoms. The Balaban J connectivity index is 2.50. The molecule has 2 rings (SSSR count). The summed E-state index contributed by atoms with van der Waals surface area (Å²) < 4.78 is 5.24. The van der Waals surface area contributed by atoms with E-state index in [0.717, 1.165) is 24.4 Å². The van der Waals surface area contributed by atoms with Crippen molar-refractivity contribution in [3.8, 4) is 5.75 Å². The Labute approximate surface area is 83.3 Å². The number of benzene rings is 1. The smallest absolute Gasteiger partial charge is 0.223 e. The van der Waals surface area contributed by atoms with Crippen LogP contribution in [-0.4, -0.2) is 19.6 Å². The van der Waals surface area contributed by atoms with Gasteiger partial charge in [-0.25, -0.2) is 0 Å². The molecular weight excluding hydrogens is 178 g/mol. The van der Waals surface area contributed by atoms with Gasteiger partial charge in [-0.05, 0) is 18.1 Å². The van der Waals surface area contributed by atoms with Crippen LogP contribution in [0.15, 0.2) is 18.2 Å². The maximum atomic E-state index is 11.3. The monoisotopic (exact) mass is 191 g/mol. The fourth-order valence-corrected chi connectivity index (χ4v) is 1.90. The highest BCUT2D eigenvalue weighted by Gasteiger charge is 2.25. The zero-order chi connectivity index (χ0) is 10.1. The fraction of sp³-hybridized carbons (Fsp3) is 0.364. The first-order chi connectivity index (χ1) is 6.74. The minimum Gasteiger partial charge on any atom is -0.495 e. The molecule has 1 aliphatic heterocycles. The molecule has 0 atom stereocenters. The molecular formula is C11H13NO2. The number of methoxy groups -OCH3 is 1. The van der Waals surface area contributed by atoms with E-state index in [1.54, 1.807) is 18.9 Å². The number of fused-ring (bicyclic) bond motifs is 1. The summed E-state index contributed by atoms with van der Waals surface area (Å²) in [6.45, 7) is 2.35. The first-order valence-electron chi connectivity index (χ1n) is 4.68. The standard InChI is InChI=1S/C11H13NO2/c1-8(13)12-7-6-9-4-3-5-10(14-2)11(9)12/h3-5H,6-7H2,1-2H3. The van der Waals surface area contributed by atoms with E-state index in [1.165, 1.54) is 5.56 Å². The van der Waals surface area contributed by atoms with Crippen molar-refractivity contribution in [3.63, 3.8) is 0 Å². The van der Waals surface area contributed by atoms with Gasteiger partial charge in [0.1, 0.15) is 5.75 Å². The normalized spacial score (nSPS) is 14.0. The van der Waals surface area contributed by atoms with E-state index in [2.05, 4.69) is 0 Å². The predicted octanol–water partition coefficient (Wildman–Crippen LogP) is 1.60. The molecule has 1 aromatic rings. The van der Waals surface area contributed by atoms with E-state index in [4.69, 9.17) is 4.74 Å². The van der Waals surface area contributed by atoms with Crippen molar-refractivity contribution in [2.24, 2.45) is 0 Å². The van der Waals surface area contributed by atoms with E-state index in [1.807, 2.05) is 18.2 Å². The molecule has 0 unspecified atom stereocenters. The van der Waals surface area contributed by atoms with Gasteiger partial charge in [-0.2, -0.15) is 0 Å². The molecule has 1 aromatic carbocycles. The SMILES string of the molecule is COc1cccc2c1N(C(C)=O)CC2. The van der Waals surface area contributed by atoms with Gasteiger partial charge in [-0.3, -0.25) is 4.79 Å². The van der Waals surface area contributed by atoms with Crippen LogP contribution in [0.25, 0.3) is 0 Å². The van der Waals surface area contributed by atoms with Gasteiger partial charge in [0.25, 0.3) is 0 Å². The van der Waals surface area contributed by atoms with Crippen molar-refractivity contribution in [2.75, 3.05) is 18.6 Å². The first-order valence-corrected chi connectivity index (χ1v) is 4.68. The van der Waals surface area contributed by atoms with E-state index < -0.39 is 0 Å². The van der Waals surface area contributed by atoms with Crippen molar-refractivity contribution < 1.29 is 9.53 Å². The lowest BCUT2D eigenvalue weighted by Gasteiger charge is -2.17. The van der Waals surface area contributed by atoms with E-state index >= 15 is 0 Å². The Hall–Kier alpha value is -1.51. The number of rotatable bonds is 1. The molecule has 0 aliphatic carbocycles. The second-order valence-electron chi connectivity index (χ2n) is 3.39. The Morgan fingerprint density at radius 2 is 2.29 bits per heavy atom. The van der Waals surface area contributed by atoms with Gasteiger partial charge in [0.15, 0.2) is 0 Å². The Morgan fingerprint density at radius 3 is 2.93 bits per heavy atom. The molecule has 1 aliphatic rings. The number of ether oxygens (including phenoxy) is 1. The lowest BCUT2D eigenvalue weighted by molar-refractivity contribution is -0.116. The van der Waals surface area contributed by atoms with Crippen molar-refractivity contribution in [1.82, 2.24) is 0 Å². The maximum absolute atomic E-state index is 11.3. The second-order valence-corrected chi connectivity index (χ2v) is 3.39. The number of para-hydroxylation sites is 1. The molecule has 1 heterocycles. The van der Waals surface area contributed by atoms with Crippen molar-refractivity contribution in [2.45, 2.75) is 13.3 Å². The molecule has 0 N–H and O–H groups in total. The molecule has 1 amide bonds. The highest BCUT2D eigenvalue weighted by molar-refractivity contribution is 5.95. The molecule has 0 fully saturated rings. The molecule has 0 radical (unpaired) electrons. The van der Waals surface area contributed by atoms with E-state index in [0.29, 0.717) is 0 Å². The molecule has 74 valence electrons. The number of carbonyl (C=O) groups is 1. The minimum absolute atomic E-state index is 0.0771. The first kappa shape index (κ1) is 9.06. The summed E-state index contributed by atoms with van der Waals surface area (Å²) in [4.78, 5) is 13.1. The topological polar surface area (TPSA) is 29.5 Å². The highest BCUT2D eigenvalue weighted by Crippen LogP contribution is 2.36. The zero-order valence-electron chi connectivity index (χ0n) is 8.41. The van der Waals surface area contributed by atoms with Crippen LogP contribution in [0, 0.1) is 0 Å². The van der Waals surface area contributed by atoms with Crippen LogP contribution in [0.5, 0.6) is 5.75 Å². The molecule has 0 saturated heterocycles. The number of hydrogen-bond acceptors (Lipinski definition) is 2. The summed E-state index contributed by atoms with van der Waals surface area (Å²) in [6, 6.07) is 5.89. The van der Waals surface area contributed by atoms with Gasteiger partial charge in [-0.15, -0.1) is 0 Å². The molecule has 0 aromatic heterocycles. The van der Waals surface area contributed by atoms with Crippen LogP contribution in [0.1, 0.15) is 12.5 Å². The number of nitrogens with zero attached hydrogens (tertiary/aromatic N) is 1. The largest absolute Gasteiger partial charge is 0.495 e. The quantitative estimate of drug-likeness (QED) is 0.674. The van der Waals surface area contributed by atoms with Crippen LogP contribution in [0.3, 0.4) is 0 Å². The van der Waals surface area contributed by atoms with Crippen molar-refractivity contribution >= 4 is 11.6 Å². The maximum Gasteiger partial charge on any atom is 0.223 e. The lowest BCUT2D eigenvalue weighted by atomic mass is 10.1. The van der Waals surface area contributed by atoms with Crippen molar-refractivity contribution in [1.29, 1.82) is 0 Å². The van der Waals surface area contributed by atoms with Gasteiger partial charge < -0.3 is 9.64 Å². The molecule has 14 heavy (non-hydrogen) atoms. The van der Waals surface area contributed by atoms with Crippen molar-refractivity contribution in [3.05, 3.63) is 23.8 Å². The van der Waals surface area contributed by atoms with Crippen LogP contribution < -0.4 is 9.64 Å². The Kier molecular flexibility index (Phi) is 2.15. The summed E-state index contributed by atoms with van der Waals surface area (Å²) in [7, 11) is 1.63. The molecule has 3 heteroatoms. The number of carbonyl (C=O) groups excluding carboxylic acids is 1. The van der Waals surface area contributed by atoms with Gasteiger partial charge in [-0.1, -0.05) is 12.1 Å². The minimum atomic E-state index is 0.0771. The third-order valence-electron chi connectivity index (χ3n) is 2.56. The summed E-state index contributed by atoms with van der Waals surface area (Å²) in [5.41, 5.74) is 2.14. The summed E-state index contributed by atoms with van der Waals surface area (Å²) in [5.74, 6) is 0.864. The van der Waals surface area contributed by atoms with Crippen LogP contribution in [-0.2, 0) is 11.2 Å². The predicted molar refractivity (Wildman–Crippen MR) is 54.7 cm³/mol. The Bertz CT molecular complexity index is 374. The second kappa shape index (κ2) is 3.33. The summed E-state index contributed by atoms with van der Waals surface area (Å²) >= 11 is 0. The summed E-state index contributed by atoms with van der Waals surface area (Å²) in [5, 5.41) is 0. The summed E-state index contributed by atoms with van der Waals surface area (Å²) in [6.07, 6.45) is 0.923. The van der Waals surface area contributed by atoms with Gasteiger partial charge in [0.05, 0.1) is 12.8 Å². The molecule has 0 spiro atoms. The average Bonchev–Trinajstić information content (AvgIpc) is 2.60. The fourth-order valence-electron chi connectivity index (χ4n) is 1.90. The van der Waals surface area contributed by atoms with Crippen LogP contribution >= 0.6 is 0 Å². The highest BCUT2D eigenvalue weighted by atomic mass is 16.5. The third kappa shape index (κ3) is 1.25. The third-order valence-corrected chi connectivity index (χ3v) is 2.56. The van der Waals surface area contributed by atoms with Crippen LogP contribution in [0.2, 0.25) is 0 Å². The van der Waals surface area contributed by atoms with Gasteiger partial charge >= 0.3 is 0 Å². The van der Waals surface area contributed by atoms with Gasteiger partial charge in [0, 0.05) is 13.5 Å². The average molecular weight is 191 g/mol.